The molecule has 1 saturated carbocycles. The van der Waals surface area contributed by atoms with Gasteiger partial charge in [-0.15, -0.1) is 24.0 Å². The maximum absolute atomic E-state index is 5.46. The van der Waals surface area contributed by atoms with Crippen molar-refractivity contribution < 1.29 is 9.47 Å². The third-order valence-corrected chi connectivity index (χ3v) is 3.75. The van der Waals surface area contributed by atoms with Crippen LogP contribution in [0.25, 0.3) is 0 Å². The van der Waals surface area contributed by atoms with Gasteiger partial charge in [0.05, 0.1) is 0 Å². The second kappa shape index (κ2) is 12.5. The second-order valence-electron chi connectivity index (χ2n) is 5.35. The molecule has 126 valence electrons. The van der Waals surface area contributed by atoms with Gasteiger partial charge in [0.2, 0.25) is 0 Å². The molecule has 5 nitrogen and oxygen atoms in total. The Labute approximate surface area is 146 Å². The van der Waals surface area contributed by atoms with Gasteiger partial charge in [0, 0.05) is 46.6 Å². The minimum absolute atomic E-state index is 0. The molecule has 0 spiro atoms. The first kappa shape index (κ1) is 20.9. The van der Waals surface area contributed by atoms with E-state index >= 15 is 0 Å². The SMILES string of the molecule is CCOCCCNC(=NC)NCC1(CCOCC)CC1.I. The van der Waals surface area contributed by atoms with Crippen molar-refractivity contribution in [2.75, 3.05) is 46.6 Å². The lowest BCUT2D eigenvalue weighted by Crippen LogP contribution is -2.41. The minimum atomic E-state index is 0. The van der Waals surface area contributed by atoms with Gasteiger partial charge in [-0.1, -0.05) is 0 Å². The molecule has 0 aromatic carbocycles. The number of ether oxygens (including phenoxy) is 2. The van der Waals surface area contributed by atoms with Crippen LogP contribution in [0.15, 0.2) is 4.99 Å². The Balaban J connectivity index is 0.00000400. The van der Waals surface area contributed by atoms with Crippen molar-refractivity contribution in [1.29, 1.82) is 0 Å². The zero-order chi connectivity index (χ0) is 14.7. The quantitative estimate of drug-likeness (QED) is 0.237. The van der Waals surface area contributed by atoms with Gasteiger partial charge >= 0.3 is 0 Å². The van der Waals surface area contributed by atoms with E-state index in [0.29, 0.717) is 5.41 Å². The lowest BCUT2D eigenvalue weighted by atomic mass is 10.0. The summed E-state index contributed by atoms with van der Waals surface area (Å²) in [5.74, 6) is 0.893. The molecule has 21 heavy (non-hydrogen) atoms. The highest BCUT2D eigenvalue weighted by Gasteiger charge is 2.41. The van der Waals surface area contributed by atoms with E-state index in [1.807, 2.05) is 20.9 Å². The van der Waals surface area contributed by atoms with Crippen molar-refractivity contribution in [1.82, 2.24) is 10.6 Å². The van der Waals surface area contributed by atoms with Gasteiger partial charge in [0.25, 0.3) is 0 Å². The largest absolute Gasteiger partial charge is 0.382 e. The van der Waals surface area contributed by atoms with E-state index < -0.39 is 0 Å². The Morgan fingerprint density at radius 3 is 2.33 bits per heavy atom. The molecule has 0 atom stereocenters. The number of hydrogen-bond donors (Lipinski definition) is 2. The molecule has 1 rings (SSSR count). The second-order valence-corrected chi connectivity index (χ2v) is 5.35. The monoisotopic (exact) mass is 413 g/mol. The van der Waals surface area contributed by atoms with E-state index in [1.54, 1.807) is 0 Å². The summed E-state index contributed by atoms with van der Waals surface area (Å²) in [6.07, 6.45) is 4.75. The smallest absolute Gasteiger partial charge is 0.190 e. The number of halogens is 1. The first-order valence-corrected chi connectivity index (χ1v) is 7.86. The highest BCUT2D eigenvalue weighted by atomic mass is 127. The van der Waals surface area contributed by atoms with Crippen molar-refractivity contribution in [2.24, 2.45) is 10.4 Å². The molecule has 6 heteroatoms. The standard InChI is InChI=1S/C15H31N3O2.HI/c1-4-19-11-6-10-17-14(16-3)18-13-15(7-8-15)9-12-20-5-2;/h4-13H2,1-3H3,(H2,16,17,18);1H. The topological polar surface area (TPSA) is 54.9 Å². The van der Waals surface area contributed by atoms with Crippen LogP contribution < -0.4 is 10.6 Å². The van der Waals surface area contributed by atoms with Crippen LogP contribution in [0, 0.1) is 5.41 Å². The van der Waals surface area contributed by atoms with Gasteiger partial charge in [-0.3, -0.25) is 4.99 Å². The van der Waals surface area contributed by atoms with E-state index in [4.69, 9.17) is 9.47 Å². The molecule has 0 aliphatic heterocycles. The van der Waals surface area contributed by atoms with Crippen LogP contribution in [0.1, 0.15) is 39.5 Å². The number of guanidine groups is 1. The number of rotatable bonds is 11. The molecule has 1 fully saturated rings. The Morgan fingerprint density at radius 1 is 1.10 bits per heavy atom. The number of nitrogens with zero attached hydrogens (tertiary/aromatic N) is 1. The molecule has 1 aliphatic rings. The third-order valence-electron chi connectivity index (χ3n) is 3.75. The lowest BCUT2D eigenvalue weighted by molar-refractivity contribution is 0.128. The summed E-state index contributed by atoms with van der Waals surface area (Å²) < 4.78 is 10.8. The summed E-state index contributed by atoms with van der Waals surface area (Å²) in [7, 11) is 1.82. The molecule has 2 N–H and O–H groups in total. The van der Waals surface area contributed by atoms with Gasteiger partial charge < -0.3 is 20.1 Å². The van der Waals surface area contributed by atoms with Crippen LogP contribution in [0.4, 0.5) is 0 Å². The normalized spacial score (nSPS) is 16.2. The first-order chi connectivity index (χ1) is 9.76. The number of nitrogens with one attached hydrogen (secondary N) is 2. The van der Waals surface area contributed by atoms with E-state index in [0.717, 1.165) is 58.3 Å². The Bertz CT molecular complexity index is 284. The Morgan fingerprint density at radius 2 is 1.76 bits per heavy atom. The summed E-state index contributed by atoms with van der Waals surface area (Å²) in [6.45, 7) is 9.23. The molecule has 0 aromatic heterocycles. The van der Waals surface area contributed by atoms with Crippen LogP contribution in [-0.4, -0.2) is 52.5 Å². The van der Waals surface area contributed by atoms with Crippen molar-refractivity contribution in [3.63, 3.8) is 0 Å². The van der Waals surface area contributed by atoms with Crippen molar-refractivity contribution >= 4 is 29.9 Å². The third kappa shape index (κ3) is 9.52. The average molecular weight is 413 g/mol. The Kier molecular flexibility index (Phi) is 12.4. The summed E-state index contributed by atoms with van der Waals surface area (Å²) >= 11 is 0. The van der Waals surface area contributed by atoms with Gasteiger partial charge in [-0.25, -0.2) is 0 Å². The highest BCUT2D eigenvalue weighted by Crippen LogP contribution is 2.48. The molecule has 0 unspecified atom stereocenters. The van der Waals surface area contributed by atoms with Crippen molar-refractivity contribution in [2.45, 2.75) is 39.5 Å². The molecule has 0 heterocycles. The molecule has 0 radical (unpaired) electrons. The fourth-order valence-corrected chi connectivity index (χ4v) is 2.14. The minimum Gasteiger partial charge on any atom is -0.382 e. The summed E-state index contributed by atoms with van der Waals surface area (Å²) in [4.78, 5) is 4.26. The maximum Gasteiger partial charge on any atom is 0.190 e. The van der Waals surface area contributed by atoms with E-state index in [2.05, 4.69) is 15.6 Å². The Hall–Kier alpha value is -0.0800. The molecular formula is C15H32IN3O2. The van der Waals surface area contributed by atoms with E-state index in [-0.39, 0.29) is 24.0 Å². The van der Waals surface area contributed by atoms with Crippen molar-refractivity contribution in [3.8, 4) is 0 Å². The average Bonchev–Trinajstić information content (AvgIpc) is 3.23. The fourth-order valence-electron chi connectivity index (χ4n) is 2.14. The van der Waals surface area contributed by atoms with E-state index in [1.165, 1.54) is 12.8 Å². The van der Waals surface area contributed by atoms with Crippen LogP contribution in [0.2, 0.25) is 0 Å². The maximum atomic E-state index is 5.46. The molecule has 0 amide bonds. The fraction of sp³-hybridized carbons (Fsp3) is 0.933. The van der Waals surface area contributed by atoms with Gasteiger partial charge in [0.1, 0.15) is 0 Å². The number of aliphatic imine (C=N–C) groups is 1. The summed E-state index contributed by atoms with van der Waals surface area (Å²) in [6, 6.07) is 0. The lowest BCUT2D eigenvalue weighted by Gasteiger charge is -2.18. The van der Waals surface area contributed by atoms with Gasteiger partial charge in [-0.2, -0.15) is 0 Å². The number of hydrogen-bond acceptors (Lipinski definition) is 3. The highest BCUT2D eigenvalue weighted by molar-refractivity contribution is 14.0. The van der Waals surface area contributed by atoms with Crippen LogP contribution >= 0.6 is 24.0 Å². The van der Waals surface area contributed by atoms with E-state index in [9.17, 15) is 0 Å². The molecule has 0 bridgehead atoms. The summed E-state index contributed by atoms with van der Waals surface area (Å²) in [5, 5.41) is 6.76. The zero-order valence-corrected chi connectivity index (χ0v) is 16.1. The molecule has 0 saturated heterocycles. The van der Waals surface area contributed by atoms with Gasteiger partial charge in [-0.05, 0) is 44.9 Å². The predicted molar refractivity (Wildman–Crippen MR) is 98.7 cm³/mol. The first-order valence-electron chi connectivity index (χ1n) is 7.86. The molecule has 1 aliphatic carbocycles. The van der Waals surface area contributed by atoms with Crippen LogP contribution in [0.5, 0.6) is 0 Å². The van der Waals surface area contributed by atoms with Crippen molar-refractivity contribution in [3.05, 3.63) is 0 Å². The van der Waals surface area contributed by atoms with Gasteiger partial charge in [0.15, 0.2) is 5.96 Å². The summed E-state index contributed by atoms with van der Waals surface area (Å²) in [5.41, 5.74) is 0.443. The van der Waals surface area contributed by atoms with Crippen LogP contribution in [-0.2, 0) is 9.47 Å². The molecule has 0 aromatic rings. The van der Waals surface area contributed by atoms with Crippen LogP contribution in [0.3, 0.4) is 0 Å². The molecular weight excluding hydrogens is 381 g/mol. The predicted octanol–water partition coefficient (Wildman–Crippen LogP) is 2.40. The zero-order valence-electron chi connectivity index (χ0n) is 13.7.